The number of benzene rings is 2. The number of para-hydroxylation sites is 2. The zero-order valence-electron chi connectivity index (χ0n) is 16.5. The summed E-state index contributed by atoms with van der Waals surface area (Å²) in [7, 11) is 1.67. The topological polar surface area (TPSA) is 57.4 Å². The molecule has 2 aromatic heterocycles. The van der Waals surface area contributed by atoms with E-state index in [2.05, 4.69) is 9.97 Å². The van der Waals surface area contributed by atoms with Gasteiger partial charge in [-0.3, -0.25) is 0 Å². The molecular formula is C24H22N2O3. The first kappa shape index (κ1) is 18.9. The Morgan fingerprint density at radius 1 is 0.931 bits per heavy atom. The lowest BCUT2D eigenvalue weighted by Gasteiger charge is -2.12. The number of pyridine rings is 1. The average Bonchev–Trinajstić information content (AvgIpc) is 3.17. The summed E-state index contributed by atoms with van der Waals surface area (Å²) in [6.07, 6.45) is 3.74. The minimum atomic E-state index is 0.445. The first-order valence-electron chi connectivity index (χ1n) is 9.43. The van der Waals surface area contributed by atoms with Crippen LogP contribution in [0.15, 0.2) is 65.1 Å². The minimum Gasteiger partial charge on any atom is -0.472 e. The van der Waals surface area contributed by atoms with Crippen molar-refractivity contribution in [2.24, 2.45) is 0 Å². The molecule has 0 aliphatic carbocycles. The molecule has 0 N–H and O–H groups in total. The van der Waals surface area contributed by atoms with Gasteiger partial charge in [-0.15, -0.1) is 0 Å². The fourth-order valence-electron chi connectivity index (χ4n) is 3.03. The lowest BCUT2D eigenvalue weighted by Crippen LogP contribution is -2.03. The molecule has 0 radical (unpaired) electrons. The highest BCUT2D eigenvalue weighted by atomic mass is 16.5. The van der Waals surface area contributed by atoms with Gasteiger partial charge in [-0.1, -0.05) is 42.5 Å². The summed E-state index contributed by atoms with van der Waals surface area (Å²) in [4.78, 5) is 9.15. The zero-order valence-corrected chi connectivity index (χ0v) is 16.5. The van der Waals surface area contributed by atoms with Crippen LogP contribution in [0.1, 0.15) is 28.3 Å². The summed E-state index contributed by atoms with van der Waals surface area (Å²) < 4.78 is 17.1. The van der Waals surface area contributed by atoms with E-state index in [0.29, 0.717) is 25.0 Å². The first-order valence-corrected chi connectivity index (χ1v) is 9.43. The molecule has 5 heteroatoms. The third kappa shape index (κ3) is 4.52. The number of fused-ring (bicyclic) bond motifs is 1. The zero-order chi connectivity index (χ0) is 20.1. The molecule has 0 aliphatic rings. The van der Waals surface area contributed by atoms with Crippen LogP contribution in [0.3, 0.4) is 0 Å². The maximum Gasteiger partial charge on any atom is 0.221 e. The van der Waals surface area contributed by atoms with Crippen molar-refractivity contribution in [3.05, 3.63) is 88.9 Å². The molecule has 4 rings (SSSR count). The molecule has 2 heterocycles. The van der Waals surface area contributed by atoms with Gasteiger partial charge in [0.05, 0.1) is 6.61 Å². The quantitative estimate of drug-likeness (QED) is 0.424. The van der Waals surface area contributed by atoms with E-state index in [1.807, 2.05) is 79.7 Å². The van der Waals surface area contributed by atoms with Gasteiger partial charge < -0.3 is 13.9 Å². The van der Waals surface area contributed by atoms with E-state index in [0.717, 1.165) is 33.5 Å². The molecule has 0 aliphatic heterocycles. The summed E-state index contributed by atoms with van der Waals surface area (Å²) >= 11 is 0. The molecule has 0 fully saturated rings. The van der Waals surface area contributed by atoms with Crippen molar-refractivity contribution in [1.82, 2.24) is 9.97 Å². The monoisotopic (exact) mass is 386 g/mol. The summed E-state index contributed by atoms with van der Waals surface area (Å²) in [5.41, 5.74) is 5.41. The molecule has 4 aromatic rings. The number of rotatable bonds is 7. The van der Waals surface area contributed by atoms with Crippen molar-refractivity contribution in [3.63, 3.8) is 0 Å². The second-order valence-electron chi connectivity index (χ2n) is 6.69. The molecule has 0 unspecified atom stereocenters. The molecule has 0 saturated heterocycles. The number of nitrogens with zero attached hydrogens (tertiary/aromatic N) is 2. The van der Waals surface area contributed by atoms with Crippen LogP contribution in [-0.4, -0.2) is 17.1 Å². The van der Waals surface area contributed by atoms with E-state index in [1.54, 1.807) is 7.11 Å². The molecular weight excluding hydrogens is 364 g/mol. The Bertz CT molecular complexity index is 1100. The standard InChI is InChI=1S/C24H22N2O3/c1-17-20(16-27-2)14-19(24(25-17)28-15-18-8-4-3-5-9-18)12-13-23-26-21-10-6-7-11-22(21)29-23/h3-14H,15-16H2,1-2H3/b13-12+. The Labute approximate surface area is 169 Å². The van der Waals surface area contributed by atoms with E-state index < -0.39 is 0 Å². The Morgan fingerprint density at radius 2 is 1.72 bits per heavy atom. The Morgan fingerprint density at radius 3 is 2.52 bits per heavy atom. The highest BCUT2D eigenvalue weighted by Gasteiger charge is 2.10. The van der Waals surface area contributed by atoms with Gasteiger partial charge in [-0.2, -0.15) is 0 Å². The van der Waals surface area contributed by atoms with Crippen LogP contribution in [0.4, 0.5) is 0 Å². The average molecular weight is 386 g/mol. The number of oxazole rings is 1. The number of methoxy groups -OCH3 is 1. The highest BCUT2D eigenvalue weighted by molar-refractivity contribution is 5.76. The van der Waals surface area contributed by atoms with Crippen molar-refractivity contribution >= 4 is 23.3 Å². The maximum atomic E-state index is 6.03. The Hall–Kier alpha value is -3.44. The number of ether oxygens (including phenoxy) is 2. The van der Waals surface area contributed by atoms with Crippen LogP contribution in [0, 0.1) is 6.92 Å². The normalized spacial score (nSPS) is 11.4. The second-order valence-corrected chi connectivity index (χ2v) is 6.69. The molecule has 146 valence electrons. The fraction of sp³-hybridized carbons (Fsp3) is 0.167. The molecule has 0 amide bonds. The van der Waals surface area contributed by atoms with Gasteiger partial charge >= 0.3 is 0 Å². The minimum absolute atomic E-state index is 0.445. The third-order valence-corrected chi connectivity index (χ3v) is 4.54. The molecule has 0 bridgehead atoms. The first-order chi connectivity index (χ1) is 14.2. The second kappa shape index (κ2) is 8.71. The maximum absolute atomic E-state index is 6.03. The van der Waals surface area contributed by atoms with Crippen LogP contribution in [0.25, 0.3) is 23.3 Å². The largest absolute Gasteiger partial charge is 0.472 e. The lowest BCUT2D eigenvalue weighted by molar-refractivity contribution is 0.183. The summed E-state index contributed by atoms with van der Waals surface area (Å²) in [5, 5.41) is 0. The third-order valence-electron chi connectivity index (χ3n) is 4.54. The molecule has 0 spiro atoms. The summed E-state index contributed by atoms with van der Waals surface area (Å²) in [6.45, 7) is 2.89. The predicted octanol–water partition coefficient (Wildman–Crippen LogP) is 5.43. The molecule has 0 saturated carbocycles. The lowest BCUT2D eigenvalue weighted by atomic mass is 10.1. The van der Waals surface area contributed by atoms with Gasteiger partial charge in [0.15, 0.2) is 5.58 Å². The van der Waals surface area contributed by atoms with Crippen molar-refractivity contribution in [1.29, 1.82) is 0 Å². The predicted molar refractivity (Wildman–Crippen MR) is 113 cm³/mol. The molecule has 29 heavy (non-hydrogen) atoms. The van der Waals surface area contributed by atoms with Crippen LogP contribution in [-0.2, 0) is 18.0 Å². The summed E-state index contributed by atoms with van der Waals surface area (Å²) in [5.74, 6) is 1.10. The van der Waals surface area contributed by atoms with Crippen molar-refractivity contribution < 1.29 is 13.9 Å². The van der Waals surface area contributed by atoms with Gasteiger partial charge in [0.1, 0.15) is 12.1 Å². The Balaban J connectivity index is 1.64. The van der Waals surface area contributed by atoms with E-state index in [1.165, 1.54) is 0 Å². The van der Waals surface area contributed by atoms with Crippen molar-refractivity contribution in [2.75, 3.05) is 7.11 Å². The van der Waals surface area contributed by atoms with E-state index in [4.69, 9.17) is 13.9 Å². The molecule has 0 atom stereocenters. The van der Waals surface area contributed by atoms with Crippen LogP contribution in [0.5, 0.6) is 5.88 Å². The van der Waals surface area contributed by atoms with E-state index >= 15 is 0 Å². The SMILES string of the molecule is COCc1cc(/C=C/c2nc3ccccc3o2)c(OCc2ccccc2)nc1C. The number of hydrogen-bond acceptors (Lipinski definition) is 5. The van der Waals surface area contributed by atoms with Crippen LogP contribution in [0.2, 0.25) is 0 Å². The van der Waals surface area contributed by atoms with E-state index in [-0.39, 0.29) is 0 Å². The number of aryl methyl sites for hydroxylation is 1. The van der Waals surface area contributed by atoms with Gasteiger partial charge in [-0.05, 0) is 42.3 Å². The van der Waals surface area contributed by atoms with Gasteiger partial charge in [0, 0.05) is 24.4 Å². The molecule has 2 aromatic carbocycles. The number of aromatic nitrogens is 2. The van der Waals surface area contributed by atoms with Gasteiger partial charge in [-0.25, -0.2) is 9.97 Å². The van der Waals surface area contributed by atoms with Gasteiger partial charge in [0.25, 0.3) is 0 Å². The van der Waals surface area contributed by atoms with Crippen LogP contribution < -0.4 is 4.74 Å². The van der Waals surface area contributed by atoms with Gasteiger partial charge in [0.2, 0.25) is 11.8 Å². The van der Waals surface area contributed by atoms with E-state index in [9.17, 15) is 0 Å². The summed E-state index contributed by atoms with van der Waals surface area (Å²) in [6, 6.07) is 19.8. The van der Waals surface area contributed by atoms with Crippen LogP contribution >= 0.6 is 0 Å². The van der Waals surface area contributed by atoms with Crippen molar-refractivity contribution in [3.8, 4) is 5.88 Å². The number of hydrogen-bond donors (Lipinski definition) is 0. The highest BCUT2D eigenvalue weighted by Crippen LogP contribution is 2.24. The Kier molecular flexibility index (Phi) is 5.68. The van der Waals surface area contributed by atoms with Crippen molar-refractivity contribution in [2.45, 2.75) is 20.1 Å². The smallest absolute Gasteiger partial charge is 0.221 e. The molecule has 5 nitrogen and oxygen atoms in total. The fourth-order valence-corrected chi connectivity index (χ4v) is 3.03.